The molecular formula is C15H19NO3. The molecule has 2 aliphatic rings. The highest BCUT2D eigenvalue weighted by atomic mass is 16.5. The van der Waals surface area contributed by atoms with E-state index >= 15 is 0 Å². The third kappa shape index (κ3) is 2.05. The zero-order valence-corrected chi connectivity index (χ0v) is 11.1. The highest BCUT2D eigenvalue weighted by Gasteiger charge is 2.52. The number of benzene rings is 1. The molecule has 1 heterocycles. The molecule has 1 aliphatic carbocycles. The molecule has 2 fully saturated rings. The van der Waals surface area contributed by atoms with Crippen LogP contribution in [0.4, 0.5) is 0 Å². The number of aliphatic hydroxyl groups excluding tert-OH is 1. The number of hydrogen-bond donors (Lipinski definition) is 1. The first-order chi connectivity index (χ1) is 9.12. The Balaban J connectivity index is 1.91. The van der Waals surface area contributed by atoms with E-state index in [1.807, 2.05) is 42.2 Å². The Hall–Kier alpha value is -1.39. The maximum atomic E-state index is 12.7. The first-order valence-electron chi connectivity index (χ1n) is 6.83. The van der Waals surface area contributed by atoms with Crippen LogP contribution in [0.15, 0.2) is 30.3 Å². The number of hydrogen-bond acceptors (Lipinski definition) is 3. The third-order valence-corrected chi connectivity index (χ3v) is 4.14. The van der Waals surface area contributed by atoms with E-state index in [1.54, 1.807) is 0 Å². The lowest BCUT2D eigenvalue weighted by Crippen LogP contribution is -2.49. The molecule has 0 aromatic heterocycles. The molecule has 0 unspecified atom stereocenters. The van der Waals surface area contributed by atoms with Crippen LogP contribution in [0.5, 0.6) is 0 Å². The van der Waals surface area contributed by atoms with Gasteiger partial charge < -0.3 is 14.7 Å². The van der Waals surface area contributed by atoms with Gasteiger partial charge >= 0.3 is 0 Å². The van der Waals surface area contributed by atoms with E-state index in [0.717, 1.165) is 6.42 Å². The van der Waals surface area contributed by atoms with E-state index < -0.39 is 5.72 Å². The largest absolute Gasteiger partial charge is 0.393 e. The number of amides is 1. The van der Waals surface area contributed by atoms with Crippen LogP contribution in [0.2, 0.25) is 0 Å². The fourth-order valence-electron chi connectivity index (χ4n) is 3.24. The standard InChI is InChI=1S/C15H19NO3/c1-11-10-19-15(8-7-13(17)9-15)16(11)14(18)12-5-3-2-4-6-12/h2-6,11,13,17H,7-10H2,1H3/t11-,13+,15-/m0/s1. The maximum Gasteiger partial charge on any atom is 0.256 e. The van der Waals surface area contributed by atoms with Crippen LogP contribution < -0.4 is 0 Å². The second kappa shape index (κ2) is 4.62. The molecule has 1 saturated heterocycles. The van der Waals surface area contributed by atoms with E-state index in [1.165, 1.54) is 0 Å². The molecule has 0 bridgehead atoms. The molecule has 3 atom stereocenters. The fourth-order valence-corrected chi connectivity index (χ4v) is 3.24. The van der Waals surface area contributed by atoms with E-state index in [2.05, 4.69) is 0 Å². The van der Waals surface area contributed by atoms with E-state index in [9.17, 15) is 9.90 Å². The van der Waals surface area contributed by atoms with Gasteiger partial charge in [-0.25, -0.2) is 0 Å². The van der Waals surface area contributed by atoms with Crippen molar-refractivity contribution < 1.29 is 14.6 Å². The highest BCUT2D eigenvalue weighted by molar-refractivity contribution is 5.95. The first-order valence-corrected chi connectivity index (χ1v) is 6.83. The second-order valence-electron chi connectivity index (χ2n) is 5.54. The predicted molar refractivity (Wildman–Crippen MR) is 70.6 cm³/mol. The van der Waals surface area contributed by atoms with Crippen LogP contribution in [0.3, 0.4) is 0 Å². The average Bonchev–Trinajstić information content (AvgIpc) is 2.94. The van der Waals surface area contributed by atoms with Crippen LogP contribution in [0.1, 0.15) is 36.5 Å². The molecule has 1 aliphatic heterocycles. The fraction of sp³-hybridized carbons (Fsp3) is 0.533. The normalized spacial score (nSPS) is 34.1. The van der Waals surface area contributed by atoms with Crippen molar-refractivity contribution in [2.75, 3.05) is 6.61 Å². The lowest BCUT2D eigenvalue weighted by atomic mass is 10.1. The van der Waals surface area contributed by atoms with Crippen molar-refractivity contribution in [3.8, 4) is 0 Å². The Morgan fingerprint density at radius 3 is 2.79 bits per heavy atom. The van der Waals surface area contributed by atoms with Crippen LogP contribution >= 0.6 is 0 Å². The number of nitrogens with zero attached hydrogens (tertiary/aromatic N) is 1. The van der Waals surface area contributed by atoms with Crippen LogP contribution in [-0.2, 0) is 4.74 Å². The van der Waals surface area contributed by atoms with Crippen LogP contribution in [0.25, 0.3) is 0 Å². The molecule has 1 amide bonds. The Bertz CT molecular complexity index is 472. The molecule has 19 heavy (non-hydrogen) atoms. The zero-order valence-electron chi connectivity index (χ0n) is 11.1. The summed E-state index contributed by atoms with van der Waals surface area (Å²) in [6.45, 7) is 2.55. The Morgan fingerprint density at radius 1 is 1.42 bits per heavy atom. The molecule has 1 aromatic rings. The molecule has 0 radical (unpaired) electrons. The lowest BCUT2D eigenvalue weighted by Gasteiger charge is -2.35. The maximum absolute atomic E-state index is 12.7. The van der Waals surface area contributed by atoms with Crippen molar-refractivity contribution in [3.05, 3.63) is 35.9 Å². The Kier molecular flexibility index (Phi) is 3.07. The van der Waals surface area contributed by atoms with E-state index in [4.69, 9.17) is 4.74 Å². The zero-order chi connectivity index (χ0) is 13.5. The van der Waals surface area contributed by atoms with E-state index in [-0.39, 0.29) is 18.1 Å². The van der Waals surface area contributed by atoms with Crippen LogP contribution in [0, 0.1) is 0 Å². The summed E-state index contributed by atoms with van der Waals surface area (Å²) in [5.74, 6) is -0.000278. The quantitative estimate of drug-likeness (QED) is 0.838. The lowest BCUT2D eigenvalue weighted by molar-refractivity contribution is -0.0705. The van der Waals surface area contributed by atoms with Gasteiger partial charge in [0.05, 0.1) is 18.8 Å². The minimum Gasteiger partial charge on any atom is -0.393 e. The second-order valence-corrected chi connectivity index (χ2v) is 5.54. The predicted octanol–water partition coefficient (Wildman–Crippen LogP) is 1.79. The summed E-state index contributed by atoms with van der Waals surface area (Å²) >= 11 is 0. The molecule has 4 heteroatoms. The van der Waals surface area contributed by atoms with Crippen molar-refractivity contribution in [1.82, 2.24) is 4.90 Å². The van der Waals surface area contributed by atoms with Gasteiger partial charge in [-0.15, -0.1) is 0 Å². The number of ether oxygens (including phenoxy) is 1. The SMILES string of the molecule is C[C@H]1CO[C@]2(CC[C@@H](O)C2)N1C(=O)c1ccccc1. The van der Waals surface area contributed by atoms with Crippen molar-refractivity contribution >= 4 is 5.91 Å². The van der Waals surface area contributed by atoms with Crippen LogP contribution in [-0.4, -0.2) is 40.4 Å². The van der Waals surface area contributed by atoms with Gasteiger partial charge in [0.15, 0.2) is 0 Å². The summed E-state index contributed by atoms with van der Waals surface area (Å²) in [6, 6.07) is 9.34. The molecular weight excluding hydrogens is 242 g/mol. The summed E-state index contributed by atoms with van der Waals surface area (Å²) in [4.78, 5) is 14.5. The minimum absolute atomic E-state index is 0.000278. The van der Waals surface area contributed by atoms with Gasteiger partial charge in [0.25, 0.3) is 5.91 Å². The minimum atomic E-state index is -0.592. The monoisotopic (exact) mass is 261 g/mol. The van der Waals surface area contributed by atoms with Gasteiger partial charge in [0, 0.05) is 12.0 Å². The van der Waals surface area contributed by atoms with Crippen molar-refractivity contribution in [2.45, 2.75) is 44.1 Å². The third-order valence-electron chi connectivity index (χ3n) is 4.14. The topological polar surface area (TPSA) is 49.8 Å². The number of rotatable bonds is 1. The average molecular weight is 261 g/mol. The highest BCUT2D eigenvalue weighted by Crippen LogP contribution is 2.42. The number of carbonyl (C=O) groups is 1. The summed E-state index contributed by atoms with van der Waals surface area (Å²) < 4.78 is 5.88. The molecule has 1 N–H and O–H groups in total. The van der Waals surface area contributed by atoms with Crippen molar-refractivity contribution in [2.24, 2.45) is 0 Å². The molecule has 1 aromatic carbocycles. The summed E-state index contributed by atoms with van der Waals surface area (Å²) in [5, 5.41) is 9.79. The summed E-state index contributed by atoms with van der Waals surface area (Å²) in [6.07, 6.45) is 1.58. The van der Waals surface area contributed by atoms with Gasteiger partial charge in [-0.3, -0.25) is 4.79 Å². The molecule has 4 nitrogen and oxygen atoms in total. The van der Waals surface area contributed by atoms with Crippen molar-refractivity contribution in [1.29, 1.82) is 0 Å². The summed E-state index contributed by atoms with van der Waals surface area (Å²) in [7, 11) is 0. The molecule has 3 rings (SSSR count). The van der Waals surface area contributed by atoms with Gasteiger partial charge in [-0.2, -0.15) is 0 Å². The Morgan fingerprint density at radius 2 is 2.16 bits per heavy atom. The van der Waals surface area contributed by atoms with Crippen molar-refractivity contribution in [3.63, 3.8) is 0 Å². The van der Waals surface area contributed by atoms with Gasteiger partial charge in [0.2, 0.25) is 0 Å². The Labute approximate surface area is 113 Å². The molecule has 1 saturated carbocycles. The van der Waals surface area contributed by atoms with Gasteiger partial charge in [0.1, 0.15) is 5.72 Å². The van der Waals surface area contributed by atoms with Gasteiger partial charge in [-0.1, -0.05) is 18.2 Å². The first kappa shape index (κ1) is 12.6. The van der Waals surface area contributed by atoms with E-state index in [0.29, 0.717) is 25.0 Å². The number of aliphatic hydroxyl groups is 1. The van der Waals surface area contributed by atoms with Gasteiger partial charge in [-0.05, 0) is 31.9 Å². The summed E-state index contributed by atoms with van der Waals surface area (Å²) in [5.41, 5.74) is 0.0896. The molecule has 102 valence electrons. The smallest absolute Gasteiger partial charge is 0.256 e. The number of carbonyl (C=O) groups excluding carboxylic acids is 1. The molecule has 1 spiro atoms.